The standard InChI is InChI=1S/C8H13N5O4/c9-6(10)7-11-2-13(12-7)8-5(16)4(15)3(1-14)17-8/h2-5,8,14-16H,1H2,(H3,9,10)/t3-,4-,5-,8-/m1/s1/i1+1,3+1,4+1,5+1,8+1. The number of rotatable bonds is 3. The molecule has 2 rings (SSSR count). The molecule has 0 aromatic carbocycles. The van der Waals surface area contributed by atoms with Crippen molar-refractivity contribution in [3.63, 3.8) is 0 Å². The molecule has 0 radical (unpaired) electrons. The molecule has 1 aromatic rings. The summed E-state index contributed by atoms with van der Waals surface area (Å²) in [4.78, 5) is 3.74. The number of amidine groups is 1. The minimum absolute atomic E-state index is 0.00254. The topological polar surface area (TPSA) is 150 Å². The van der Waals surface area contributed by atoms with E-state index in [2.05, 4.69) is 10.1 Å². The summed E-state index contributed by atoms with van der Waals surface area (Å²) in [5.41, 5.74) is 5.19. The lowest BCUT2D eigenvalue weighted by molar-refractivity contribution is -0.0588. The molecule has 1 aliphatic heterocycles. The van der Waals surface area contributed by atoms with Crippen molar-refractivity contribution in [1.82, 2.24) is 14.8 Å². The lowest BCUT2D eigenvalue weighted by atomic mass is 10.6. The summed E-state index contributed by atoms with van der Waals surface area (Å²) in [7, 11) is 0. The van der Waals surface area contributed by atoms with Crippen molar-refractivity contribution in [3.8, 4) is 0 Å². The van der Waals surface area contributed by atoms with Gasteiger partial charge in [-0.25, -0.2) is 9.67 Å². The van der Waals surface area contributed by atoms with Gasteiger partial charge in [0.2, 0.25) is 5.82 Å². The second-order valence-corrected chi connectivity index (χ2v) is 3.69. The zero-order valence-corrected chi connectivity index (χ0v) is 8.76. The summed E-state index contributed by atoms with van der Waals surface area (Å²) < 4.78 is 6.37. The molecule has 94 valence electrons. The Hall–Kier alpha value is -1.55. The molecule has 0 spiro atoms. The van der Waals surface area contributed by atoms with Crippen molar-refractivity contribution >= 4 is 5.84 Å². The number of aromatic nitrogens is 3. The summed E-state index contributed by atoms with van der Waals surface area (Å²) in [5, 5.41) is 39.1. The quantitative estimate of drug-likeness (QED) is 0.220. The van der Waals surface area contributed by atoms with E-state index in [1.54, 1.807) is 0 Å². The smallest absolute Gasteiger partial charge is 0.215 e. The first kappa shape index (κ1) is 11.9. The minimum Gasteiger partial charge on any atom is -0.394 e. The number of nitrogens with one attached hydrogen (secondary N) is 1. The average molecular weight is 248 g/mol. The highest BCUT2D eigenvalue weighted by molar-refractivity contribution is 5.90. The Morgan fingerprint density at radius 3 is 2.71 bits per heavy atom. The predicted molar refractivity (Wildman–Crippen MR) is 54.0 cm³/mol. The SMILES string of the molecule is N=C(N)c1ncn([13C@@H]2O[13C@H]([13CH2]O)[13C@@H](O)[13C@H]2O)n1. The van der Waals surface area contributed by atoms with Crippen molar-refractivity contribution in [2.75, 3.05) is 6.61 Å². The van der Waals surface area contributed by atoms with Gasteiger partial charge in [0.25, 0.3) is 0 Å². The maximum Gasteiger partial charge on any atom is 0.215 e. The largest absolute Gasteiger partial charge is 0.394 e. The Kier molecular flexibility index (Phi) is 3.07. The van der Waals surface area contributed by atoms with Gasteiger partial charge in [-0.3, -0.25) is 5.41 Å². The van der Waals surface area contributed by atoms with E-state index in [-0.39, 0.29) is 11.7 Å². The highest BCUT2D eigenvalue weighted by atomic mass is 16.8. The molecule has 1 fully saturated rings. The monoisotopic (exact) mass is 248 g/mol. The van der Waals surface area contributed by atoms with Gasteiger partial charge in [-0.1, -0.05) is 0 Å². The predicted octanol–water partition coefficient (Wildman–Crippen LogP) is -2.83. The van der Waals surface area contributed by atoms with Gasteiger partial charge in [0, 0.05) is 0 Å². The fourth-order valence-corrected chi connectivity index (χ4v) is 1.62. The fourth-order valence-electron chi connectivity index (χ4n) is 1.62. The Bertz CT molecular complexity index is 422. The van der Waals surface area contributed by atoms with Crippen LogP contribution >= 0.6 is 0 Å². The first-order chi connectivity index (χ1) is 8.04. The van der Waals surface area contributed by atoms with Crippen LogP contribution < -0.4 is 5.73 Å². The van der Waals surface area contributed by atoms with Gasteiger partial charge < -0.3 is 25.8 Å². The van der Waals surface area contributed by atoms with E-state index in [9.17, 15) is 10.2 Å². The van der Waals surface area contributed by atoms with Crippen LogP contribution in [0.1, 0.15) is 12.1 Å². The summed E-state index contributed by atoms with van der Waals surface area (Å²) in [6.45, 7) is -0.414. The van der Waals surface area contributed by atoms with Crippen molar-refractivity contribution < 1.29 is 20.1 Å². The molecule has 0 unspecified atom stereocenters. The van der Waals surface area contributed by atoms with Crippen LogP contribution in [-0.4, -0.2) is 60.8 Å². The molecular formula is C8H13N5O4. The number of nitrogen functional groups attached to an aromatic ring is 1. The van der Waals surface area contributed by atoms with E-state index >= 15 is 0 Å². The fraction of sp³-hybridized carbons (Fsp3) is 0.625. The van der Waals surface area contributed by atoms with Crippen LogP contribution in [0.25, 0.3) is 0 Å². The minimum atomic E-state index is -1.23. The molecule has 9 nitrogen and oxygen atoms in total. The average Bonchev–Trinajstić information content (AvgIpc) is 2.87. The molecule has 1 aliphatic rings. The van der Waals surface area contributed by atoms with Gasteiger partial charge in [-0.05, 0) is 0 Å². The third-order valence-electron chi connectivity index (χ3n) is 2.53. The third kappa shape index (κ3) is 2.00. The molecule has 0 amide bonds. The number of hydrogen-bond acceptors (Lipinski definition) is 7. The van der Waals surface area contributed by atoms with E-state index in [1.165, 1.54) is 6.33 Å². The zero-order chi connectivity index (χ0) is 12.6. The van der Waals surface area contributed by atoms with Crippen LogP contribution in [0.2, 0.25) is 0 Å². The molecule has 1 aromatic heterocycles. The van der Waals surface area contributed by atoms with Crippen LogP contribution in [0.3, 0.4) is 0 Å². The molecule has 17 heavy (non-hydrogen) atoms. The normalized spacial score (nSPS) is 32.9. The van der Waals surface area contributed by atoms with Gasteiger partial charge in [-0.15, -0.1) is 5.10 Å². The summed E-state index contributed by atoms with van der Waals surface area (Å²) >= 11 is 0. The molecule has 0 saturated carbocycles. The van der Waals surface area contributed by atoms with E-state index in [0.29, 0.717) is 0 Å². The van der Waals surface area contributed by atoms with Crippen molar-refractivity contribution in [1.29, 1.82) is 5.41 Å². The van der Waals surface area contributed by atoms with Crippen molar-refractivity contribution in [2.45, 2.75) is 24.5 Å². The van der Waals surface area contributed by atoms with Crippen molar-refractivity contribution in [3.05, 3.63) is 12.2 Å². The molecule has 2 heterocycles. The van der Waals surface area contributed by atoms with Gasteiger partial charge >= 0.3 is 0 Å². The van der Waals surface area contributed by atoms with Gasteiger partial charge in [0.15, 0.2) is 12.1 Å². The summed E-state index contributed by atoms with van der Waals surface area (Å²) in [6, 6.07) is 0. The maximum absolute atomic E-state index is 9.70. The van der Waals surface area contributed by atoms with E-state index in [4.69, 9.17) is 21.0 Å². The highest BCUT2D eigenvalue weighted by Gasteiger charge is 2.43. The van der Waals surface area contributed by atoms with Gasteiger partial charge in [0.05, 0.1) is 6.61 Å². The third-order valence-corrected chi connectivity index (χ3v) is 2.53. The molecule has 0 bridgehead atoms. The Morgan fingerprint density at radius 1 is 1.53 bits per heavy atom. The zero-order valence-electron chi connectivity index (χ0n) is 8.76. The number of aliphatic hydroxyl groups excluding tert-OH is 3. The molecule has 6 N–H and O–H groups in total. The lowest BCUT2D eigenvalue weighted by Gasteiger charge is -2.13. The highest BCUT2D eigenvalue weighted by Crippen LogP contribution is 2.28. The van der Waals surface area contributed by atoms with Crippen LogP contribution in [0.4, 0.5) is 0 Å². The number of nitrogens with two attached hydrogens (primary N) is 1. The van der Waals surface area contributed by atoms with E-state index in [1.807, 2.05) is 0 Å². The second-order valence-electron chi connectivity index (χ2n) is 3.69. The van der Waals surface area contributed by atoms with Crippen LogP contribution in [-0.2, 0) is 4.74 Å². The van der Waals surface area contributed by atoms with Crippen molar-refractivity contribution in [2.24, 2.45) is 5.73 Å². The number of hydrogen-bond donors (Lipinski definition) is 5. The second kappa shape index (κ2) is 4.37. The molecule has 9 heteroatoms. The number of aliphatic hydroxyl groups is 3. The van der Waals surface area contributed by atoms with Crippen LogP contribution in [0, 0.1) is 5.41 Å². The Labute approximate surface area is 96.0 Å². The van der Waals surface area contributed by atoms with E-state index in [0.717, 1.165) is 4.68 Å². The lowest BCUT2D eigenvalue weighted by Crippen LogP contribution is -2.33. The van der Waals surface area contributed by atoms with E-state index < -0.39 is 31.1 Å². The molecule has 4 atom stereocenters. The number of ether oxygens (including phenoxy) is 1. The summed E-state index contributed by atoms with van der Waals surface area (Å²) in [6.07, 6.45) is -3.02. The summed E-state index contributed by atoms with van der Waals surface area (Å²) in [5.74, 6) is -0.307. The first-order valence-electron chi connectivity index (χ1n) is 4.92. The first-order valence-corrected chi connectivity index (χ1v) is 4.92. The van der Waals surface area contributed by atoms with Gasteiger partial charge in [0.1, 0.15) is 24.6 Å². The Balaban J connectivity index is 2.19. The van der Waals surface area contributed by atoms with Crippen LogP contribution in [0.5, 0.6) is 0 Å². The number of nitrogens with zero attached hydrogens (tertiary/aromatic N) is 3. The maximum atomic E-state index is 9.70. The molecule has 0 aliphatic carbocycles. The van der Waals surface area contributed by atoms with Crippen LogP contribution in [0.15, 0.2) is 6.33 Å². The molecular weight excluding hydrogens is 235 g/mol. The molecule has 1 saturated heterocycles. The van der Waals surface area contributed by atoms with Gasteiger partial charge in [-0.2, -0.15) is 0 Å². The Morgan fingerprint density at radius 2 is 2.24 bits per heavy atom.